The molecule has 1 aromatic heterocycles. The maximum atomic E-state index is 4.11. The van der Waals surface area contributed by atoms with Crippen molar-refractivity contribution in [2.45, 2.75) is 25.4 Å². The highest BCUT2D eigenvalue weighted by Gasteiger charge is 2.21. The summed E-state index contributed by atoms with van der Waals surface area (Å²) in [4.78, 5) is 8.01. The molecular formula is C16H21N3S. The Balaban J connectivity index is 1.38. The van der Waals surface area contributed by atoms with E-state index in [0.29, 0.717) is 6.04 Å². The fourth-order valence-electron chi connectivity index (χ4n) is 2.71. The van der Waals surface area contributed by atoms with Crippen LogP contribution in [0.1, 0.15) is 16.9 Å². The van der Waals surface area contributed by atoms with Crippen molar-refractivity contribution in [1.29, 1.82) is 0 Å². The fourth-order valence-corrected chi connectivity index (χ4v) is 3.25. The highest BCUT2D eigenvalue weighted by Crippen LogP contribution is 2.12. The first kappa shape index (κ1) is 13.7. The standard InChI is InChI=1S/C16H21N3S/c1-2-4-14(5-3-1)6-8-19-9-7-15(12-19)18-11-16-10-17-13-20-16/h1-5,10,13,15,18H,6-9,11-12H2. The van der Waals surface area contributed by atoms with Crippen LogP contribution in [0, 0.1) is 0 Å². The highest BCUT2D eigenvalue weighted by atomic mass is 32.1. The van der Waals surface area contributed by atoms with Crippen LogP contribution in [0.4, 0.5) is 0 Å². The molecule has 0 spiro atoms. The Morgan fingerprint density at radius 3 is 3.00 bits per heavy atom. The van der Waals surface area contributed by atoms with Gasteiger partial charge < -0.3 is 10.2 Å². The minimum Gasteiger partial charge on any atom is -0.308 e. The van der Waals surface area contributed by atoms with Gasteiger partial charge in [-0.15, -0.1) is 11.3 Å². The molecule has 20 heavy (non-hydrogen) atoms. The van der Waals surface area contributed by atoms with Gasteiger partial charge in [-0.3, -0.25) is 4.98 Å². The van der Waals surface area contributed by atoms with E-state index in [1.54, 1.807) is 11.3 Å². The number of thiazole rings is 1. The number of likely N-dealkylation sites (tertiary alicyclic amines) is 1. The van der Waals surface area contributed by atoms with Gasteiger partial charge in [-0.2, -0.15) is 0 Å². The van der Waals surface area contributed by atoms with Gasteiger partial charge in [-0.1, -0.05) is 30.3 Å². The Labute approximate surface area is 124 Å². The van der Waals surface area contributed by atoms with E-state index in [0.717, 1.165) is 13.0 Å². The number of hydrogen-bond donors (Lipinski definition) is 1. The van der Waals surface area contributed by atoms with Crippen molar-refractivity contribution < 1.29 is 0 Å². The second kappa shape index (κ2) is 6.97. The maximum absolute atomic E-state index is 4.11. The summed E-state index contributed by atoms with van der Waals surface area (Å²) in [6, 6.07) is 11.4. The first-order valence-electron chi connectivity index (χ1n) is 7.27. The molecule has 1 aliphatic heterocycles. The zero-order chi connectivity index (χ0) is 13.6. The van der Waals surface area contributed by atoms with Gasteiger partial charge in [-0.05, 0) is 24.9 Å². The largest absolute Gasteiger partial charge is 0.308 e. The Bertz CT molecular complexity index is 498. The summed E-state index contributed by atoms with van der Waals surface area (Å²) in [6.45, 7) is 4.52. The Hall–Kier alpha value is -1.23. The molecule has 0 radical (unpaired) electrons. The van der Waals surface area contributed by atoms with E-state index in [4.69, 9.17) is 0 Å². The van der Waals surface area contributed by atoms with E-state index in [1.807, 2.05) is 11.7 Å². The molecule has 3 nitrogen and oxygen atoms in total. The van der Waals surface area contributed by atoms with E-state index >= 15 is 0 Å². The minimum atomic E-state index is 0.632. The molecule has 2 aromatic rings. The van der Waals surface area contributed by atoms with Gasteiger partial charge in [0, 0.05) is 36.8 Å². The van der Waals surface area contributed by atoms with E-state index in [9.17, 15) is 0 Å². The lowest BCUT2D eigenvalue weighted by atomic mass is 10.1. The van der Waals surface area contributed by atoms with Crippen molar-refractivity contribution in [3.63, 3.8) is 0 Å². The van der Waals surface area contributed by atoms with Crippen molar-refractivity contribution in [3.05, 3.63) is 52.5 Å². The van der Waals surface area contributed by atoms with Crippen molar-refractivity contribution in [2.75, 3.05) is 19.6 Å². The fraction of sp³-hybridized carbons (Fsp3) is 0.438. The van der Waals surface area contributed by atoms with Gasteiger partial charge in [0.05, 0.1) is 5.51 Å². The number of nitrogens with zero attached hydrogens (tertiary/aromatic N) is 2. The number of aromatic nitrogens is 1. The third kappa shape index (κ3) is 3.88. The molecule has 0 aliphatic carbocycles. The maximum Gasteiger partial charge on any atom is 0.0794 e. The number of nitrogens with one attached hydrogen (secondary N) is 1. The molecule has 1 unspecified atom stereocenters. The second-order valence-corrected chi connectivity index (χ2v) is 6.34. The lowest BCUT2D eigenvalue weighted by molar-refractivity contribution is 0.331. The summed E-state index contributed by atoms with van der Waals surface area (Å²) in [5.74, 6) is 0. The Morgan fingerprint density at radius 2 is 2.20 bits per heavy atom. The normalized spacial score (nSPS) is 19.5. The number of hydrogen-bond acceptors (Lipinski definition) is 4. The lowest BCUT2D eigenvalue weighted by Crippen LogP contribution is -2.32. The molecule has 1 aromatic carbocycles. The van der Waals surface area contributed by atoms with Crippen LogP contribution in [0.2, 0.25) is 0 Å². The molecule has 0 bridgehead atoms. The van der Waals surface area contributed by atoms with Crippen molar-refractivity contribution in [1.82, 2.24) is 15.2 Å². The van der Waals surface area contributed by atoms with Gasteiger partial charge >= 0.3 is 0 Å². The average molecular weight is 287 g/mol. The van der Waals surface area contributed by atoms with Crippen molar-refractivity contribution in [3.8, 4) is 0 Å². The molecule has 1 aliphatic rings. The summed E-state index contributed by atoms with van der Waals surface area (Å²) in [7, 11) is 0. The van der Waals surface area contributed by atoms with E-state index < -0.39 is 0 Å². The number of benzene rings is 1. The molecule has 2 heterocycles. The number of rotatable bonds is 6. The highest BCUT2D eigenvalue weighted by molar-refractivity contribution is 7.09. The van der Waals surface area contributed by atoms with E-state index in [-0.39, 0.29) is 0 Å². The first-order valence-corrected chi connectivity index (χ1v) is 8.15. The van der Waals surface area contributed by atoms with Crippen LogP contribution in [-0.4, -0.2) is 35.6 Å². The smallest absolute Gasteiger partial charge is 0.0794 e. The van der Waals surface area contributed by atoms with Crippen molar-refractivity contribution >= 4 is 11.3 Å². The summed E-state index contributed by atoms with van der Waals surface area (Å²) < 4.78 is 0. The van der Waals surface area contributed by atoms with Crippen LogP contribution < -0.4 is 5.32 Å². The molecule has 1 fully saturated rings. The van der Waals surface area contributed by atoms with Gasteiger partial charge in [0.2, 0.25) is 0 Å². The molecule has 0 amide bonds. The molecule has 1 N–H and O–H groups in total. The van der Waals surface area contributed by atoms with Gasteiger partial charge in [0.1, 0.15) is 0 Å². The lowest BCUT2D eigenvalue weighted by Gasteiger charge is -2.16. The summed E-state index contributed by atoms with van der Waals surface area (Å²) in [6.07, 6.45) is 4.37. The molecule has 0 saturated carbocycles. The molecule has 1 atom stereocenters. The topological polar surface area (TPSA) is 28.2 Å². The quantitative estimate of drug-likeness (QED) is 0.885. The molecule has 3 rings (SSSR count). The van der Waals surface area contributed by atoms with Gasteiger partial charge in [-0.25, -0.2) is 0 Å². The second-order valence-electron chi connectivity index (χ2n) is 5.37. The summed E-state index contributed by atoms with van der Waals surface area (Å²) in [5, 5.41) is 3.64. The minimum absolute atomic E-state index is 0.632. The Morgan fingerprint density at radius 1 is 1.30 bits per heavy atom. The molecule has 1 saturated heterocycles. The van der Waals surface area contributed by atoms with Crippen molar-refractivity contribution in [2.24, 2.45) is 0 Å². The average Bonchev–Trinajstić information content (AvgIpc) is 3.16. The van der Waals surface area contributed by atoms with E-state index in [2.05, 4.69) is 45.5 Å². The molecule has 106 valence electrons. The monoisotopic (exact) mass is 287 g/mol. The van der Waals surface area contributed by atoms with Gasteiger partial charge in [0.15, 0.2) is 0 Å². The zero-order valence-corrected chi connectivity index (χ0v) is 12.5. The van der Waals surface area contributed by atoms with Crippen LogP contribution in [0.15, 0.2) is 42.0 Å². The summed E-state index contributed by atoms with van der Waals surface area (Å²) in [5.41, 5.74) is 3.34. The third-order valence-corrected chi connectivity index (χ3v) is 4.66. The predicted octanol–water partition coefficient (Wildman–Crippen LogP) is 2.55. The van der Waals surface area contributed by atoms with Crippen LogP contribution >= 0.6 is 11.3 Å². The first-order chi connectivity index (χ1) is 9.90. The van der Waals surface area contributed by atoms with Crippen LogP contribution in [0.5, 0.6) is 0 Å². The van der Waals surface area contributed by atoms with Crippen LogP contribution in [-0.2, 0) is 13.0 Å². The molecule has 4 heteroatoms. The Kier molecular flexibility index (Phi) is 4.79. The predicted molar refractivity (Wildman–Crippen MR) is 83.9 cm³/mol. The zero-order valence-electron chi connectivity index (χ0n) is 11.7. The third-order valence-electron chi connectivity index (χ3n) is 3.88. The van der Waals surface area contributed by atoms with Crippen LogP contribution in [0.25, 0.3) is 0 Å². The van der Waals surface area contributed by atoms with Gasteiger partial charge in [0.25, 0.3) is 0 Å². The summed E-state index contributed by atoms with van der Waals surface area (Å²) >= 11 is 1.73. The van der Waals surface area contributed by atoms with Crippen LogP contribution in [0.3, 0.4) is 0 Å². The SMILES string of the molecule is c1ccc(CCN2CCC(NCc3cncs3)C2)cc1. The molecular weight excluding hydrogens is 266 g/mol. The van der Waals surface area contributed by atoms with E-state index in [1.165, 1.54) is 36.5 Å².